The summed E-state index contributed by atoms with van der Waals surface area (Å²) < 4.78 is 5.46. The van der Waals surface area contributed by atoms with E-state index in [1.54, 1.807) is 17.5 Å². The summed E-state index contributed by atoms with van der Waals surface area (Å²) in [6.45, 7) is 6.00. The number of carbonyl (C=O) groups excluding carboxylic acids is 1. The van der Waals surface area contributed by atoms with E-state index in [1.165, 1.54) is 0 Å². The largest absolute Gasteiger partial charge is 0.366 e. The van der Waals surface area contributed by atoms with Crippen molar-refractivity contribution in [2.24, 2.45) is 0 Å². The Bertz CT molecular complexity index is 399. The van der Waals surface area contributed by atoms with Crippen molar-refractivity contribution in [3.8, 4) is 0 Å². The summed E-state index contributed by atoms with van der Waals surface area (Å²) in [5.41, 5.74) is -0.411. The number of aromatic nitrogens is 1. The highest BCUT2D eigenvalue weighted by Crippen LogP contribution is 2.26. The molecule has 0 aliphatic carbocycles. The van der Waals surface area contributed by atoms with Gasteiger partial charge in [-0.25, -0.2) is 4.98 Å². The molecule has 1 aliphatic rings. The predicted octanol–water partition coefficient (Wildman–Crippen LogP) is 1.72. The third-order valence-electron chi connectivity index (χ3n) is 3.23. The molecular weight excluding hydrogens is 321 g/mol. The molecule has 2 heterocycles. The zero-order valence-corrected chi connectivity index (χ0v) is 14.0. The van der Waals surface area contributed by atoms with Gasteiger partial charge < -0.3 is 15.4 Å². The topological polar surface area (TPSA) is 63.2 Å². The van der Waals surface area contributed by atoms with Gasteiger partial charge in [0.05, 0.1) is 12.1 Å². The number of hydrogen-bond acceptors (Lipinski definition) is 5. The normalized spacial score (nSPS) is 21.0. The molecule has 20 heavy (non-hydrogen) atoms. The van der Waals surface area contributed by atoms with Crippen LogP contribution in [0.25, 0.3) is 0 Å². The first-order valence-corrected chi connectivity index (χ1v) is 7.08. The zero-order valence-electron chi connectivity index (χ0n) is 11.5. The molecule has 8 heteroatoms. The molecule has 116 valence electrons. The van der Waals surface area contributed by atoms with Crippen LogP contribution in [0.5, 0.6) is 0 Å². The molecule has 0 saturated carbocycles. The van der Waals surface area contributed by atoms with Gasteiger partial charge in [-0.05, 0) is 13.3 Å². The summed E-state index contributed by atoms with van der Waals surface area (Å²) in [6, 6.07) is 0. The number of morpholine rings is 1. The molecule has 0 bridgehead atoms. The van der Waals surface area contributed by atoms with Crippen LogP contribution in [0.3, 0.4) is 0 Å². The number of carbonyl (C=O) groups is 1. The van der Waals surface area contributed by atoms with Crippen LogP contribution in [-0.4, -0.2) is 36.7 Å². The molecule has 1 aliphatic heterocycles. The lowest BCUT2D eigenvalue weighted by atomic mass is 9.99. The fourth-order valence-corrected chi connectivity index (χ4v) is 2.70. The Morgan fingerprint density at radius 2 is 2.40 bits per heavy atom. The average Bonchev–Trinajstić information content (AvgIpc) is 2.94. The Hall–Kier alpha value is -0.400. The molecule has 0 spiro atoms. The molecule has 0 radical (unpaired) electrons. The lowest BCUT2D eigenvalue weighted by Gasteiger charge is -2.31. The van der Waals surface area contributed by atoms with Gasteiger partial charge in [-0.2, -0.15) is 0 Å². The van der Waals surface area contributed by atoms with E-state index in [0.29, 0.717) is 13.2 Å². The van der Waals surface area contributed by atoms with Crippen molar-refractivity contribution in [3.63, 3.8) is 0 Å². The standard InChI is InChI=1S/C12H19N3O2S.2ClH/c1-3-12(2,11-14-5-7-18-11)15-10(16)9-8-13-4-6-17-9;;/h5,7,9,13H,3-4,6,8H2,1-2H3,(H,15,16);2*1H. The number of hydrogen-bond donors (Lipinski definition) is 2. The fourth-order valence-electron chi connectivity index (χ4n) is 1.88. The van der Waals surface area contributed by atoms with Gasteiger partial charge in [0, 0.05) is 24.7 Å². The quantitative estimate of drug-likeness (QED) is 0.875. The molecule has 1 saturated heterocycles. The van der Waals surface area contributed by atoms with E-state index in [4.69, 9.17) is 4.74 Å². The second kappa shape index (κ2) is 8.79. The van der Waals surface area contributed by atoms with Crippen molar-refractivity contribution in [2.75, 3.05) is 19.7 Å². The van der Waals surface area contributed by atoms with Crippen LogP contribution in [-0.2, 0) is 15.1 Å². The minimum atomic E-state index is -0.411. The number of halogens is 2. The molecule has 2 N–H and O–H groups in total. The molecule has 1 aromatic rings. The maximum atomic E-state index is 12.2. The van der Waals surface area contributed by atoms with Gasteiger partial charge in [-0.3, -0.25) is 4.79 Å². The van der Waals surface area contributed by atoms with Gasteiger partial charge in [-0.1, -0.05) is 6.92 Å². The van der Waals surface area contributed by atoms with Gasteiger partial charge in [-0.15, -0.1) is 36.2 Å². The molecule has 1 amide bonds. The summed E-state index contributed by atoms with van der Waals surface area (Å²) >= 11 is 1.56. The monoisotopic (exact) mass is 341 g/mol. The van der Waals surface area contributed by atoms with Crippen LogP contribution in [0.15, 0.2) is 11.6 Å². The summed E-state index contributed by atoms with van der Waals surface area (Å²) in [5.74, 6) is -0.0678. The van der Waals surface area contributed by atoms with E-state index < -0.39 is 11.6 Å². The average molecular weight is 342 g/mol. The molecule has 1 fully saturated rings. The van der Waals surface area contributed by atoms with Crippen molar-refractivity contribution in [2.45, 2.75) is 31.9 Å². The van der Waals surface area contributed by atoms with Crippen molar-refractivity contribution in [3.05, 3.63) is 16.6 Å². The van der Waals surface area contributed by atoms with E-state index in [0.717, 1.165) is 18.0 Å². The van der Waals surface area contributed by atoms with Crippen LogP contribution in [0.2, 0.25) is 0 Å². The second-order valence-corrected chi connectivity index (χ2v) is 5.47. The van der Waals surface area contributed by atoms with E-state index in [-0.39, 0.29) is 30.7 Å². The minimum Gasteiger partial charge on any atom is -0.366 e. The maximum Gasteiger partial charge on any atom is 0.251 e. The molecule has 5 nitrogen and oxygen atoms in total. The van der Waals surface area contributed by atoms with Crippen LogP contribution >= 0.6 is 36.2 Å². The number of rotatable bonds is 4. The fraction of sp³-hybridized carbons (Fsp3) is 0.667. The highest BCUT2D eigenvalue weighted by atomic mass is 35.5. The van der Waals surface area contributed by atoms with Crippen molar-refractivity contribution >= 4 is 42.1 Å². The summed E-state index contributed by atoms with van der Waals surface area (Å²) in [7, 11) is 0. The smallest absolute Gasteiger partial charge is 0.251 e. The van der Waals surface area contributed by atoms with Gasteiger partial charge in [0.25, 0.3) is 5.91 Å². The van der Waals surface area contributed by atoms with Crippen LogP contribution < -0.4 is 10.6 Å². The maximum absolute atomic E-state index is 12.2. The summed E-state index contributed by atoms with van der Waals surface area (Å²) in [5, 5.41) is 9.07. The first kappa shape index (κ1) is 19.6. The lowest BCUT2D eigenvalue weighted by Crippen LogP contribution is -2.53. The Labute approximate surface area is 135 Å². The molecule has 2 unspecified atom stereocenters. The Morgan fingerprint density at radius 1 is 1.65 bits per heavy atom. The van der Waals surface area contributed by atoms with Crippen molar-refractivity contribution in [1.29, 1.82) is 0 Å². The highest BCUT2D eigenvalue weighted by molar-refractivity contribution is 7.09. The Kier molecular flexibility index (Phi) is 8.62. The highest BCUT2D eigenvalue weighted by Gasteiger charge is 2.32. The first-order valence-electron chi connectivity index (χ1n) is 6.20. The molecule has 2 atom stereocenters. The van der Waals surface area contributed by atoms with E-state index >= 15 is 0 Å². The van der Waals surface area contributed by atoms with Crippen LogP contribution in [0.4, 0.5) is 0 Å². The second-order valence-electron chi connectivity index (χ2n) is 4.58. The third-order valence-corrected chi connectivity index (χ3v) is 4.27. The SMILES string of the molecule is CCC(C)(NC(=O)C1CNCCO1)c1nccs1.Cl.Cl. The predicted molar refractivity (Wildman–Crippen MR) is 85.0 cm³/mol. The Morgan fingerprint density at radius 3 is 2.90 bits per heavy atom. The van der Waals surface area contributed by atoms with Crippen molar-refractivity contribution < 1.29 is 9.53 Å². The van der Waals surface area contributed by atoms with E-state index in [1.807, 2.05) is 19.2 Å². The zero-order chi connectivity index (χ0) is 13.0. The molecular formula is C12H21Cl2N3O2S. The number of nitrogens with zero attached hydrogens (tertiary/aromatic N) is 1. The number of ether oxygens (including phenoxy) is 1. The van der Waals surface area contributed by atoms with Gasteiger partial charge in [0.15, 0.2) is 0 Å². The summed E-state index contributed by atoms with van der Waals surface area (Å²) in [4.78, 5) is 16.5. The number of nitrogens with one attached hydrogen (secondary N) is 2. The van der Waals surface area contributed by atoms with Gasteiger partial charge >= 0.3 is 0 Å². The van der Waals surface area contributed by atoms with Crippen molar-refractivity contribution in [1.82, 2.24) is 15.6 Å². The van der Waals surface area contributed by atoms with E-state index in [9.17, 15) is 4.79 Å². The Balaban J connectivity index is 0.00000180. The van der Waals surface area contributed by atoms with Crippen LogP contribution in [0.1, 0.15) is 25.3 Å². The molecule has 0 aromatic carbocycles. The summed E-state index contributed by atoms with van der Waals surface area (Å²) in [6.07, 6.45) is 2.16. The van der Waals surface area contributed by atoms with Crippen LogP contribution in [0, 0.1) is 0 Å². The van der Waals surface area contributed by atoms with Gasteiger partial charge in [0.1, 0.15) is 11.1 Å². The first-order chi connectivity index (χ1) is 8.65. The lowest BCUT2D eigenvalue weighted by molar-refractivity contribution is -0.136. The minimum absolute atomic E-state index is 0. The number of thiazole rings is 1. The molecule has 2 rings (SSSR count). The molecule has 1 aromatic heterocycles. The third kappa shape index (κ3) is 4.56. The number of amides is 1. The van der Waals surface area contributed by atoms with E-state index in [2.05, 4.69) is 15.6 Å². The van der Waals surface area contributed by atoms with Gasteiger partial charge in [0.2, 0.25) is 0 Å².